The van der Waals surface area contributed by atoms with Gasteiger partial charge in [-0.25, -0.2) is 0 Å². The number of primary amides is 1. The number of rotatable bonds is 7. The van der Waals surface area contributed by atoms with E-state index >= 15 is 0 Å². The van der Waals surface area contributed by atoms with E-state index < -0.39 is 11.5 Å². The van der Waals surface area contributed by atoms with Gasteiger partial charge in [-0.15, -0.1) is 0 Å². The van der Waals surface area contributed by atoms with Gasteiger partial charge in [0.05, 0.1) is 5.60 Å². The molecule has 0 unspecified atom stereocenters. The number of nitrogens with zero attached hydrogens (tertiary/aromatic N) is 1. The predicted molar refractivity (Wildman–Crippen MR) is 92.3 cm³/mol. The first kappa shape index (κ1) is 19.2. The molecule has 1 fully saturated rings. The van der Waals surface area contributed by atoms with Crippen LogP contribution in [-0.2, 0) is 9.53 Å². The number of aliphatic hydroxyl groups is 1. The molecular weight excluding hydrogens is 324 g/mol. The average molecular weight is 350 g/mol. The van der Waals surface area contributed by atoms with Crippen LogP contribution in [0, 0.1) is 5.92 Å². The molecule has 7 nitrogen and oxygen atoms in total. The topological polar surface area (TPSA) is 102 Å². The summed E-state index contributed by atoms with van der Waals surface area (Å²) in [5.41, 5.74) is 4.74. The van der Waals surface area contributed by atoms with E-state index in [0.29, 0.717) is 43.9 Å². The number of benzene rings is 1. The summed E-state index contributed by atoms with van der Waals surface area (Å²) in [6.07, 6.45) is 1.07. The van der Waals surface area contributed by atoms with Gasteiger partial charge in [0.25, 0.3) is 11.8 Å². The van der Waals surface area contributed by atoms with Gasteiger partial charge >= 0.3 is 0 Å². The third-order valence-corrected chi connectivity index (χ3v) is 4.71. The molecule has 7 heteroatoms. The van der Waals surface area contributed by atoms with Gasteiger partial charge in [-0.1, -0.05) is 13.0 Å². The van der Waals surface area contributed by atoms with Crippen molar-refractivity contribution < 1.29 is 24.2 Å². The van der Waals surface area contributed by atoms with Crippen molar-refractivity contribution in [1.29, 1.82) is 0 Å². The van der Waals surface area contributed by atoms with E-state index in [4.69, 9.17) is 15.2 Å². The zero-order chi connectivity index (χ0) is 18.4. The van der Waals surface area contributed by atoms with Gasteiger partial charge in [0.2, 0.25) is 0 Å². The van der Waals surface area contributed by atoms with Crippen molar-refractivity contribution in [2.24, 2.45) is 11.7 Å². The maximum atomic E-state index is 12.7. The Bertz CT molecular complexity index is 621. The van der Waals surface area contributed by atoms with Crippen molar-refractivity contribution in [3.63, 3.8) is 0 Å². The second-order valence-corrected chi connectivity index (χ2v) is 6.53. The summed E-state index contributed by atoms with van der Waals surface area (Å²) in [5, 5.41) is 10.7. The molecule has 1 heterocycles. The number of nitrogens with two attached hydrogens (primary N) is 1. The lowest BCUT2D eigenvalue weighted by Gasteiger charge is -2.43. The lowest BCUT2D eigenvalue weighted by atomic mass is 9.79. The molecule has 138 valence electrons. The third-order valence-electron chi connectivity index (χ3n) is 4.71. The molecule has 0 aromatic heterocycles. The Hall–Kier alpha value is -2.12. The minimum atomic E-state index is -0.806. The van der Waals surface area contributed by atoms with E-state index in [1.54, 1.807) is 36.3 Å². The van der Waals surface area contributed by atoms with Gasteiger partial charge < -0.3 is 25.2 Å². The number of ether oxygens (including phenoxy) is 2. The minimum Gasteiger partial charge on any atom is -0.484 e. The Balaban J connectivity index is 2.02. The summed E-state index contributed by atoms with van der Waals surface area (Å²) in [6, 6.07) is 6.67. The maximum absolute atomic E-state index is 12.7. The molecule has 1 aliphatic rings. The number of methoxy groups -OCH3 is 1. The monoisotopic (exact) mass is 350 g/mol. The van der Waals surface area contributed by atoms with E-state index in [-0.39, 0.29) is 18.4 Å². The minimum absolute atomic E-state index is 0.0466. The molecule has 0 radical (unpaired) electrons. The van der Waals surface area contributed by atoms with Crippen LogP contribution >= 0.6 is 0 Å². The van der Waals surface area contributed by atoms with E-state index in [2.05, 4.69) is 0 Å². The van der Waals surface area contributed by atoms with Crippen LogP contribution in [0.2, 0.25) is 0 Å². The highest BCUT2D eigenvalue weighted by molar-refractivity contribution is 5.94. The summed E-state index contributed by atoms with van der Waals surface area (Å²) in [7, 11) is 1.61. The molecule has 1 aromatic carbocycles. The van der Waals surface area contributed by atoms with Crippen molar-refractivity contribution >= 4 is 11.8 Å². The van der Waals surface area contributed by atoms with Gasteiger partial charge in [-0.3, -0.25) is 9.59 Å². The molecular formula is C18H26N2O5. The summed E-state index contributed by atoms with van der Waals surface area (Å²) in [4.78, 5) is 25.3. The van der Waals surface area contributed by atoms with E-state index in [9.17, 15) is 14.7 Å². The molecule has 1 aromatic rings. The molecule has 2 rings (SSSR count). The quantitative estimate of drug-likeness (QED) is 0.757. The summed E-state index contributed by atoms with van der Waals surface area (Å²) >= 11 is 0. The predicted octanol–water partition coefficient (Wildman–Crippen LogP) is 0.800. The summed E-state index contributed by atoms with van der Waals surface area (Å²) < 4.78 is 10.3. The highest BCUT2D eigenvalue weighted by atomic mass is 16.5. The van der Waals surface area contributed by atoms with Crippen LogP contribution in [0.25, 0.3) is 0 Å². The van der Waals surface area contributed by atoms with Crippen LogP contribution in [0.5, 0.6) is 5.75 Å². The first-order valence-corrected chi connectivity index (χ1v) is 8.37. The number of hydrogen-bond acceptors (Lipinski definition) is 5. The van der Waals surface area contributed by atoms with Gasteiger partial charge in [-0.2, -0.15) is 0 Å². The van der Waals surface area contributed by atoms with Crippen LogP contribution < -0.4 is 10.5 Å². The van der Waals surface area contributed by atoms with Gasteiger partial charge in [0.15, 0.2) is 6.61 Å². The lowest BCUT2D eigenvalue weighted by Crippen LogP contribution is -2.52. The zero-order valence-electron chi connectivity index (χ0n) is 14.7. The SMILES string of the molecule is COCC[C@@]1(O)CCN(C(=O)c2cccc(OCC(N)=O)c2)C[C@@H]1C. The zero-order valence-corrected chi connectivity index (χ0v) is 14.7. The fourth-order valence-electron chi connectivity index (χ4n) is 3.06. The second-order valence-electron chi connectivity index (χ2n) is 6.53. The molecule has 3 N–H and O–H groups in total. The van der Waals surface area contributed by atoms with Crippen molar-refractivity contribution in [3.05, 3.63) is 29.8 Å². The lowest BCUT2D eigenvalue weighted by molar-refractivity contribution is -0.119. The standard InChI is InChI=1S/C18H26N2O5/c1-13-11-20(8-6-18(13,23)7-9-24-2)17(22)14-4-3-5-15(10-14)25-12-16(19)21/h3-5,10,13,23H,6-9,11-12H2,1-2H3,(H2,19,21)/t13-,18-/m0/s1. The Morgan fingerprint density at radius 3 is 2.84 bits per heavy atom. The molecule has 25 heavy (non-hydrogen) atoms. The Morgan fingerprint density at radius 2 is 2.20 bits per heavy atom. The van der Waals surface area contributed by atoms with Gasteiger partial charge in [0.1, 0.15) is 5.75 Å². The van der Waals surface area contributed by atoms with Crippen molar-refractivity contribution in [3.8, 4) is 5.75 Å². The Morgan fingerprint density at radius 1 is 1.44 bits per heavy atom. The van der Waals surface area contributed by atoms with E-state index in [1.807, 2.05) is 6.92 Å². The summed E-state index contributed by atoms with van der Waals surface area (Å²) in [5.74, 6) is -0.317. The molecule has 0 aliphatic carbocycles. The smallest absolute Gasteiger partial charge is 0.255 e. The number of likely N-dealkylation sites (tertiary alicyclic amines) is 1. The molecule has 0 spiro atoms. The molecule has 1 aliphatic heterocycles. The molecule has 0 saturated carbocycles. The number of hydrogen-bond donors (Lipinski definition) is 2. The van der Waals surface area contributed by atoms with Crippen LogP contribution in [0.4, 0.5) is 0 Å². The van der Waals surface area contributed by atoms with Crippen LogP contribution in [0.3, 0.4) is 0 Å². The number of amides is 2. The first-order valence-electron chi connectivity index (χ1n) is 8.37. The molecule has 2 amide bonds. The molecule has 0 bridgehead atoms. The largest absolute Gasteiger partial charge is 0.484 e. The highest BCUT2D eigenvalue weighted by Crippen LogP contribution is 2.31. The van der Waals surface area contributed by atoms with Crippen molar-refractivity contribution in [2.45, 2.75) is 25.4 Å². The Kier molecular flexibility index (Phi) is 6.39. The van der Waals surface area contributed by atoms with E-state index in [0.717, 1.165) is 0 Å². The number of piperidine rings is 1. The number of carbonyl (C=O) groups is 2. The first-order chi connectivity index (χ1) is 11.9. The number of carbonyl (C=O) groups excluding carboxylic acids is 2. The third kappa shape index (κ3) is 4.93. The average Bonchev–Trinajstić information content (AvgIpc) is 2.60. The van der Waals surface area contributed by atoms with Crippen LogP contribution in [-0.4, -0.2) is 60.8 Å². The fraction of sp³-hybridized carbons (Fsp3) is 0.556. The molecule has 2 atom stereocenters. The normalized spacial score (nSPS) is 23.3. The second kappa shape index (κ2) is 8.31. The highest BCUT2D eigenvalue weighted by Gasteiger charge is 2.39. The van der Waals surface area contributed by atoms with Gasteiger partial charge in [0, 0.05) is 38.3 Å². The van der Waals surface area contributed by atoms with Crippen LogP contribution in [0.1, 0.15) is 30.1 Å². The van der Waals surface area contributed by atoms with E-state index in [1.165, 1.54) is 0 Å². The fourth-order valence-corrected chi connectivity index (χ4v) is 3.06. The van der Waals surface area contributed by atoms with Crippen molar-refractivity contribution in [2.75, 3.05) is 33.4 Å². The molecule has 1 saturated heterocycles. The Labute approximate surface area is 147 Å². The van der Waals surface area contributed by atoms with Gasteiger partial charge in [-0.05, 0) is 31.0 Å². The van der Waals surface area contributed by atoms with Crippen LogP contribution in [0.15, 0.2) is 24.3 Å². The maximum Gasteiger partial charge on any atom is 0.255 e. The van der Waals surface area contributed by atoms with Crippen molar-refractivity contribution in [1.82, 2.24) is 4.90 Å². The summed E-state index contributed by atoms with van der Waals surface area (Å²) in [6.45, 7) is 3.17.